The van der Waals surface area contributed by atoms with Gasteiger partial charge in [-0.1, -0.05) is 18.2 Å². The monoisotopic (exact) mass is 409 g/mol. The van der Waals surface area contributed by atoms with Crippen LogP contribution in [-0.4, -0.2) is 26.1 Å². The molecule has 1 radical (unpaired) electrons. The van der Waals surface area contributed by atoms with Crippen LogP contribution in [0.2, 0.25) is 0 Å². The number of carbonyl (C=O) groups excluding carboxylic acids is 1. The van der Waals surface area contributed by atoms with Gasteiger partial charge in [0, 0.05) is 12.6 Å². The SMILES string of the molecule is Cc1cc(O)cc(C)c1C[Si](N)CNC(=O)CCc1cccc(C(F)(F)F)c1. The van der Waals surface area contributed by atoms with Gasteiger partial charge in [-0.25, -0.2) is 0 Å². The van der Waals surface area contributed by atoms with Gasteiger partial charge in [-0.15, -0.1) is 0 Å². The van der Waals surface area contributed by atoms with Crippen molar-refractivity contribution in [2.24, 2.45) is 5.40 Å². The molecule has 0 fully saturated rings. The number of phenolic OH excluding ortho intramolecular Hbond substituents is 1. The second-order valence-electron chi connectivity index (χ2n) is 6.87. The van der Waals surface area contributed by atoms with Crippen molar-refractivity contribution in [2.45, 2.75) is 38.9 Å². The number of nitrogens with one attached hydrogen (secondary N) is 1. The smallest absolute Gasteiger partial charge is 0.416 e. The highest BCUT2D eigenvalue weighted by molar-refractivity contribution is 6.55. The Morgan fingerprint density at radius 2 is 1.82 bits per heavy atom. The lowest BCUT2D eigenvalue weighted by Crippen LogP contribution is -2.43. The summed E-state index contributed by atoms with van der Waals surface area (Å²) in [6.45, 7) is 3.82. The molecule has 2 rings (SSSR count). The first-order valence-corrected chi connectivity index (χ1v) is 10.9. The Morgan fingerprint density at radius 1 is 1.18 bits per heavy atom. The molecule has 0 aliphatic carbocycles. The molecule has 0 saturated heterocycles. The lowest BCUT2D eigenvalue weighted by atomic mass is 10.0. The molecule has 28 heavy (non-hydrogen) atoms. The second-order valence-corrected chi connectivity index (χ2v) is 8.89. The highest BCUT2D eigenvalue weighted by Crippen LogP contribution is 2.29. The molecule has 0 atom stereocenters. The van der Waals surface area contributed by atoms with E-state index in [1.807, 2.05) is 13.8 Å². The van der Waals surface area contributed by atoms with Crippen LogP contribution in [0.4, 0.5) is 13.2 Å². The zero-order valence-corrected chi connectivity index (χ0v) is 16.9. The average Bonchev–Trinajstić information content (AvgIpc) is 2.60. The van der Waals surface area contributed by atoms with Gasteiger partial charge in [0.25, 0.3) is 0 Å². The third-order valence-electron chi connectivity index (χ3n) is 4.49. The average molecular weight is 410 g/mol. The maximum Gasteiger partial charge on any atom is 0.416 e. The molecule has 0 aromatic heterocycles. The zero-order chi connectivity index (χ0) is 20.9. The Bertz CT molecular complexity index is 817. The van der Waals surface area contributed by atoms with Gasteiger partial charge in [0.05, 0.1) is 5.56 Å². The van der Waals surface area contributed by atoms with Crippen LogP contribution in [0.5, 0.6) is 5.75 Å². The molecule has 2 aromatic carbocycles. The number of phenols is 1. The van der Waals surface area contributed by atoms with Crippen molar-refractivity contribution in [3.05, 3.63) is 64.2 Å². The van der Waals surface area contributed by atoms with Crippen molar-refractivity contribution < 1.29 is 23.1 Å². The molecule has 0 heterocycles. The molecular formula is C20H24F3N2O2Si. The van der Waals surface area contributed by atoms with Crippen LogP contribution in [0, 0.1) is 13.8 Å². The van der Waals surface area contributed by atoms with Crippen LogP contribution >= 0.6 is 0 Å². The Hall–Kier alpha value is -2.32. The van der Waals surface area contributed by atoms with Crippen LogP contribution in [0.3, 0.4) is 0 Å². The van der Waals surface area contributed by atoms with Crippen LogP contribution < -0.4 is 10.7 Å². The minimum Gasteiger partial charge on any atom is -0.508 e. The lowest BCUT2D eigenvalue weighted by molar-refractivity contribution is -0.137. The van der Waals surface area contributed by atoms with E-state index >= 15 is 0 Å². The van der Waals surface area contributed by atoms with Crippen LogP contribution in [0.1, 0.15) is 34.2 Å². The first-order valence-electron chi connectivity index (χ1n) is 8.88. The number of carbonyl (C=O) groups is 1. The van der Waals surface area contributed by atoms with Crippen molar-refractivity contribution in [2.75, 3.05) is 6.17 Å². The van der Waals surface area contributed by atoms with Crippen molar-refractivity contribution in [1.82, 2.24) is 5.32 Å². The lowest BCUT2D eigenvalue weighted by Gasteiger charge is -2.15. The fraction of sp³-hybridized carbons (Fsp3) is 0.350. The molecular weight excluding hydrogens is 385 g/mol. The minimum atomic E-state index is -4.39. The standard InChI is InChI=1S/C20H24F3N2O2Si/c1-13-8-17(26)9-14(2)18(13)11-28(24)12-25-19(27)7-6-15-4-3-5-16(10-15)20(21,22)23/h3-5,8-10,26H,6-7,11-12,24H2,1-2H3,(H,25,27). The number of rotatable bonds is 7. The number of benzene rings is 2. The summed E-state index contributed by atoms with van der Waals surface area (Å²) in [6, 6.07) is 9.03. The van der Waals surface area contributed by atoms with E-state index in [2.05, 4.69) is 5.32 Å². The molecule has 4 N–H and O–H groups in total. The van der Waals surface area contributed by atoms with Gasteiger partial charge in [-0.3, -0.25) is 4.79 Å². The van der Waals surface area contributed by atoms with Gasteiger partial charge in [0.2, 0.25) is 5.91 Å². The van der Waals surface area contributed by atoms with Crippen molar-refractivity contribution in [3.8, 4) is 5.75 Å². The summed E-state index contributed by atoms with van der Waals surface area (Å²) in [5.74, 6) is -0.0167. The zero-order valence-electron chi connectivity index (χ0n) is 15.9. The summed E-state index contributed by atoms with van der Waals surface area (Å²) >= 11 is 0. The minimum absolute atomic E-state index is 0.105. The Kier molecular flexibility index (Phi) is 7.26. The number of alkyl halides is 3. The predicted octanol–water partition coefficient (Wildman–Crippen LogP) is 3.35. The maximum atomic E-state index is 12.7. The molecule has 8 heteroatoms. The molecule has 4 nitrogen and oxygen atoms in total. The quantitative estimate of drug-likeness (QED) is 0.614. The second kappa shape index (κ2) is 9.25. The van der Waals surface area contributed by atoms with Gasteiger partial charge in [-0.2, -0.15) is 13.2 Å². The fourth-order valence-corrected chi connectivity index (χ4v) is 4.56. The topological polar surface area (TPSA) is 75.3 Å². The predicted molar refractivity (Wildman–Crippen MR) is 104 cm³/mol. The third kappa shape index (κ3) is 6.38. The third-order valence-corrected chi connectivity index (χ3v) is 5.93. The summed E-state index contributed by atoms with van der Waals surface area (Å²) < 4.78 is 38.2. The normalized spacial score (nSPS) is 11.7. The van der Waals surface area contributed by atoms with Gasteiger partial charge in [-0.05, 0) is 66.8 Å². The summed E-state index contributed by atoms with van der Waals surface area (Å²) in [4.78, 5) is 12.0. The molecule has 0 saturated carbocycles. The van der Waals surface area contributed by atoms with E-state index in [4.69, 9.17) is 5.40 Å². The van der Waals surface area contributed by atoms with E-state index < -0.39 is 20.7 Å². The van der Waals surface area contributed by atoms with Crippen LogP contribution in [0.15, 0.2) is 36.4 Å². The van der Waals surface area contributed by atoms with E-state index in [0.29, 0.717) is 17.8 Å². The van der Waals surface area contributed by atoms with E-state index in [0.717, 1.165) is 28.8 Å². The number of nitrogens with two attached hydrogens (primary N) is 1. The van der Waals surface area contributed by atoms with Crippen molar-refractivity contribution in [3.63, 3.8) is 0 Å². The number of hydrogen-bond donors (Lipinski definition) is 3. The Balaban J connectivity index is 1.83. The Labute approximate surface area is 164 Å². The molecule has 0 aliphatic heterocycles. The van der Waals surface area contributed by atoms with Gasteiger partial charge in [0.15, 0.2) is 8.96 Å². The number of amides is 1. The number of aromatic hydroxyl groups is 1. The van der Waals surface area contributed by atoms with Gasteiger partial charge < -0.3 is 15.8 Å². The van der Waals surface area contributed by atoms with E-state index in [1.165, 1.54) is 6.07 Å². The van der Waals surface area contributed by atoms with E-state index in [-0.39, 0.29) is 24.5 Å². The Morgan fingerprint density at radius 3 is 2.43 bits per heavy atom. The maximum absolute atomic E-state index is 12.7. The molecule has 0 spiro atoms. The molecule has 1 amide bonds. The summed E-state index contributed by atoms with van der Waals surface area (Å²) in [5, 5.41) is 18.6. The summed E-state index contributed by atoms with van der Waals surface area (Å²) in [7, 11) is -1.36. The molecule has 0 unspecified atom stereocenters. The number of halogens is 3. The van der Waals surface area contributed by atoms with E-state index in [9.17, 15) is 23.1 Å². The van der Waals surface area contributed by atoms with Crippen LogP contribution in [-0.2, 0) is 23.4 Å². The first kappa shape index (κ1) is 22.0. The first-order chi connectivity index (χ1) is 13.1. The number of hydrogen-bond acceptors (Lipinski definition) is 3. The molecule has 2 aromatic rings. The fourth-order valence-electron chi connectivity index (χ4n) is 3.00. The van der Waals surface area contributed by atoms with E-state index in [1.54, 1.807) is 18.2 Å². The molecule has 0 aliphatic rings. The number of aryl methyl sites for hydroxylation is 3. The van der Waals surface area contributed by atoms with Gasteiger partial charge >= 0.3 is 6.18 Å². The highest BCUT2D eigenvalue weighted by atomic mass is 28.3. The van der Waals surface area contributed by atoms with Crippen molar-refractivity contribution >= 4 is 14.9 Å². The van der Waals surface area contributed by atoms with Crippen LogP contribution in [0.25, 0.3) is 0 Å². The van der Waals surface area contributed by atoms with Crippen molar-refractivity contribution in [1.29, 1.82) is 0 Å². The summed E-state index contributed by atoms with van der Waals surface area (Å²) in [6.07, 6.45) is -3.68. The highest BCUT2D eigenvalue weighted by Gasteiger charge is 2.30. The van der Waals surface area contributed by atoms with Gasteiger partial charge in [0.1, 0.15) is 5.75 Å². The molecule has 0 bridgehead atoms. The molecule has 151 valence electrons. The summed E-state index contributed by atoms with van der Waals surface area (Å²) in [5.41, 5.74) is 2.76. The largest absolute Gasteiger partial charge is 0.508 e.